The Bertz CT molecular complexity index is 867. The van der Waals surface area contributed by atoms with Gasteiger partial charge in [-0.1, -0.05) is 12.1 Å². The number of aliphatic carboxylic acids is 1. The first-order chi connectivity index (χ1) is 14.3. The number of carboxylic acids is 1. The minimum Gasteiger partial charge on any atom is -0.478 e. The fourth-order valence-electron chi connectivity index (χ4n) is 4.28. The van der Waals surface area contributed by atoms with Crippen molar-refractivity contribution in [2.24, 2.45) is 5.92 Å². The van der Waals surface area contributed by atoms with Crippen molar-refractivity contribution < 1.29 is 27.8 Å². The summed E-state index contributed by atoms with van der Waals surface area (Å²) in [5.41, 5.74) is 1.91. The number of carboxylic acid groups (broad SMARTS) is 1. The van der Waals surface area contributed by atoms with Crippen LogP contribution in [0.25, 0.3) is 0 Å². The maximum atomic E-state index is 12.9. The van der Waals surface area contributed by atoms with Crippen LogP contribution in [0.2, 0.25) is 0 Å². The van der Waals surface area contributed by atoms with Gasteiger partial charge in [0.1, 0.15) is 6.17 Å². The molecule has 0 spiro atoms. The first-order valence-corrected chi connectivity index (χ1v) is 10.2. The van der Waals surface area contributed by atoms with E-state index in [1.807, 2.05) is 13.0 Å². The second kappa shape index (κ2) is 8.07. The number of morpholine rings is 1. The molecule has 1 saturated heterocycles. The number of ether oxygens (including phenoxy) is 1. The Labute approximate surface area is 173 Å². The van der Waals surface area contributed by atoms with E-state index < -0.39 is 17.7 Å². The molecule has 1 aromatic carbocycles. The van der Waals surface area contributed by atoms with Gasteiger partial charge in [0.15, 0.2) is 0 Å². The average Bonchev–Trinajstić information content (AvgIpc) is 3.54. The van der Waals surface area contributed by atoms with Crippen LogP contribution in [0.15, 0.2) is 47.2 Å². The van der Waals surface area contributed by atoms with Gasteiger partial charge in [-0.15, -0.1) is 0 Å². The molecule has 1 atom stereocenters. The molecule has 1 aromatic rings. The van der Waals surface area contributed by atoms with Crippen molar-refractivity contribution in [3.05, 3.63) is 58.3 Å². The van der Waals surface area contributed by atoms with Gasteiger partial charge in [0.05, 0.1) is 24.4 Å². The third-order valence-electron chi connectivity index (χ3n) is 5.91. The Kier molecular flexibility index (Phi) is 5.63. The summed E-state index contributed by atoms with van der Waals surface area (Å²) in [4.78, 5) is 16.4. The molecule has 5 nitrogen and oxygen atoms in total. The molecule has 0 aromatic heterocycles. The Balaban J connectivity index is 1.70. The van der Waals surface area contributed by atoms with E-state index >= 15 is 0 Å². The van der Waals surface area contributed by atoms with Crippen LogP contribution >= 0.6 is 0 Å². The first-order valence-electron chi connectivity index (χ1n) is 10.2. The molecule has 2 heterocycles. The summed E-state index contributed by atoms with van der Waals surface area (Å²) in [6.45, 7) is 4.83. The van der Waals surface area contributed by atoms with Gasteiger partial charge in [0.2, 0.25) is 0 Å². The van der Waals surface area contributed by atoms with Gasteiger partial charge in [0.25, 0.3) is 0 Å². The average molecular weight is 422 g/mol. The minimum absolute atomic E-state index is 0.144. The molecule has 162 valence electrons. The second-order valence-electron chi connectivity index (χ2n) is 8.07. The highest BCUT2D eigenvalue weighted by Gasteiger charge is 2.41. The van der Waals surface area contributed by atoms with Crippen LogP contribution in [0.3, 0.4) is 0 Å². The molecule has 0 amide bonds. The van der Waals surface area contributed by atoms with Gasteiger partial charge in [-0.25, -0.2) is 4.79 Å². The lowest BCUT2D eigenvalue weighted by Crippen LogP contribution is -2.52. The molecule has 2 fully saturated rings. The number of carbonyl (C=O) groups is 1. The molecule has 2 aliphatic heterocycles. The lowest BCUT2D eigenvalue weighted by molar-refractivity contribution is -0.137. The fraction of sp³-hybridized carbons (Fsp3) is 0.500. The molecular formula is C22H25F3N2O3. The molecule has 1 saturated carbocycles. The van der Waals surface area contributed by atoms with Crippen LogP contribution < -0.4 is 0 Å². The van der Waals surface area contributed by atoms with E-state index in [1.165, 1.54) is 12.1 Å². The number of hydrogen-bond acceptors (Lipinski definition) is 4. The predicted octanol–water partition coefficient (Wildman–Crippen LogP) is 3.87. The third kappa shape index (κ3) is 4.25. The van der Waals surface area contributed by atoms with Crippen molar-refractivity contribution >= 4 is 5.97 Å². The van der Waals surface area contributed by atoms with Crippen LogP contribution in [0, 0.1) is 5.92 Å². The number of halogens is 3. The van der Waals surface area contributed by atoms with Crippen molar-refractivity contribution in [2.45, 2.75) is 38.7 Å². The Hall–Kier alpha value is -2.32. The van der Waals surface area contributed by atoms with Crippen LogP contribution in [-0.2, 0) is 22.3 Å². The number of alkyl halides is 3. The Morgan fingerprint density at radius 3 is 2.33 bits per heavy atom. The van der Waals surface area contributed by atoms with Gasteiger partial charge >= 0.3 is 12.1 Å². The number of nitrogens with zero attached hydrogens (tertiary/aromatic N) is 2. The van der Waals surface area contributed by atoms with Crippen molar-refractivity contribution in [3.8, 4) is 0 Å². The lowest BCUT2D eigenvalue weighted by Gasteiger charge is -2.45. The summed E-state index contributed by atoms with van der Waals surface area (Å²) in [6, 6.07) is 5.14. The smallest absolute Gasteiger partial charge is 0.416 e. The summed E-state index contributed by atoms with van der Waals surface area (Å²) < 4.78 is 44.3. The van der Waals surface area contributed by atoms with Crippen molar-refractivity contribution in [3.63, 3.8) is 0 Å². The zero-order valence-corrected chi connectivity index (χ0v) is 16.8. The topological polar surface area (TPSA) is 53.0 Å². The highest BCUT2D eigenvalue weighted by molar-refractivity contribution is 5.93. The molecule has 1 aliphatic carbocycles. The summed E-state index contributed by atoms with van der Waals surface area (Å²) in [6.07, 6.45) is -0.702. The number of benzene rings is 1. The normalized spacial score (nSPS) is 23.5. The summed E-state index contributed by atoms with van der Waals surface area (Å²) >= 11 is 0. The molecule has 3 aliphatic rings. The molecule has 0 radical (unpaired) electrons. The number of hydrogen-bond donors (Lipinski definition) is 1. The van der Waals surface area contributed by atoms with E-state index in [0.29, 0.717) is 25.3 Å². The van der Waals surface area contributed by atoms with Crippen LogP contribution in [0.4, 0.5) is 13.2 Å². The number of allylic oxidation sites excluding steroid dienone is 1. The SMILES string of the molecule is CC1=CC(N2CCOCC2)N(Cc2ccc(C(F)(F)F)cc2)C(C2CC2)=C1C(=O)O. The largest absolute Gasteiger partial charge is 0.478 e. The second-order valence-corrected chi connectivity index (χ2v) is 8.07. The lowest BCUT2D eigenvalue weighted by atomic mass is 9.95. The van der Waals surface area contributed by atoms with Gasteiger partial charge in [-0.05, 0) is 55.0 Å². The maximum absolute atomic E-state index is 12.9. The standard InChI is InChI=1S/C22H25F3N2O3/c1-14-12-18(26-8-10-30-11-9-26)27(20(16-4-5-16)19(14)21(28)29)13-15-2-6-17(7-3-15)22(23,24)25/h2-3,6-7,12,16,18H,4-5,8-11,13H2,1H3,(H,28,29). The van der Waals surface area contributed by atoms with Gasteiger partial charge in [-0.2, -0.15) is 13.2 Å². The molecule has 4 rings (SSSR count). The highest BCUT2D eigenvalue weighted by Crippen LogP contribution is 2.45. The summed E-state index contributed by atoms with van der Waals surface area (Å²) in [7, 11) is 0. The van der Waals surface area contributed by atoms with Gasteiger partial charge < -0.3 is 14.7 Å². The molecule has 1 unspecified atom stereocenters. The molecular weight excluding hydrogens is 397 g/mol. The monoisotopic (exact) mass is 422 g/mol. The van der Waals surface area contributed by atoms with Crippen molar-refractivity contribution in [1.29, 1.82) is 0 Å². The minimum atomic E-state index is -4.38. The zero-order chi connectivity index (χ0) is 21.5. The maximum Gasteiger partial charge on any atom is 0.416 e. The quantitative estimate of drug-likeness (QED) is 0.781. The Morgan fingerprint density at radius 1 is 1.17 bits per heavy atom. The number of rotatable bonds is 5. The highest BCUT2D eigenvalue weighted by atomic mass is 19.4. The zero-order valence-electron chi connectivity index (χ0n) is 16.8. The molecule has 0 bridgehead atoms. The summed E-state index contributed by atoms with van der Waals surface area (Å²) in [5, 5.41) is 9.88. The predicted molar refractivity (Wildman–Crippen MR) is 104 cm³/mol. The van der Waals surface area contributed by atoms with Crippen LogP contribution in [0.1, 0.15) is 30.9 Å². The Morgan fingerprint density at radius 2 is 1.80 bits per heavy atom. The third-order valence-corrected chi connectivity index (χ3v) is 5.91. The van der Waals surface area contributed by atoms with Crippen LogP contribution in [0.5, 0.6) is 0 Å². The first kappa shape index (κ1) is 20.9. The van der Waals surface area contributed by atoms with E-state index in [4.69, 9.17) is 4.74 Å². The van der Waals surface area contributed by atoms with E-state index in [2.05, 4.69) is 9.80 Å². The van der Waals surface area contributed by atoms with Crippen molar-refractivity contribution in [1.82, 2.24) is 9.80 Å². The fourth-order valence-corrected chi connectivity index (χ4v) is 4.28. The van der Waals surface area contributed by atoms with Gasteiger partial charge in [0, 0.05) is 25.3 Å². The van der Waals surface area contributed by atoms with E-state index in [-0.39, 0.29) is 12.1 Å². The van der Waals surface area contributed by atoms with E-state index in [0.717, 1.165) is 54.9 Å². The van der Waals surface area contributed by atoms with Crippen molar-refractivity contribution in [2.75, 3.05) is 26.3 Å². The van der Waals surface area contributed by atoms with E-state index in [9.17, 15) is 23.1 Å². The molecule has 8 heteroatoms. The summed E-state index contributed by atoms with van der Waals surface area (Å²) in [5.74, 6) is -0.777. The van der Waals surface area contributed by atoms with E-state index in [1.54, 1.807) is 0 Å². The molecule has 1 N–H and O–H groups in total. The van der Waals surface area contributed by atoms with Gasteiger partial charge in [-0.3, -0.25) is 4.90 Å². The molecule has 30 heavy (non-hydrogen) atoms. The van der Waals surface area contributed by atoms with Crippen LogP contribution in [-0.4, -0.2) is 53.3 Å².